The minimum atomic E-state index is -0.372. The van der Waals surface area contributed by atoms with E-state index in [4.69, 9.17) is 10.3 Å². The van der Waals surface area contributed by atoms with Crippen LogP contribution in [-0.2, 0) is 12.1 Å². The van der Waals surface area contributed by atoms with E-state index in [0.29, 0.717) is 11.7 Å². The maximum atomic E-state index is 6.25. The lowest BCUT2D eigenvalue weighted by molar-refractivity contribution is 0.229. The molecule has 1 aliphatic rings. The van der Waals surface area contributed by atoms with Crippen molar-refractivity contribution in [1.29, 1.82) is 0 Å². The molecular weight excluding hydrogens is 288 g/mol. The Morgan fingerprint density at radius 1 is 1.22 bits per heavy atom. The Hall–Kier alpha value is -1.72. The Balaban J connectivity index is 1.70. The van der Waals surface area contributed by atoms with Gasteiger partial charge in [-0.05, 0) is 56.5 Å². The van der Waals surface area contributed by atoms with Crippen molar-refractivity contribution < 1.29 is 4.52 Å². The number of hydrogen-bond acceptors (Lipinski definition) is 5. The Morgan fingerprint density at radius 2 is 1.96 bits per heavy atom. The maximum Gasteiger partial charge on any atom is 0.257 e. The molecular formula is C18H26N4O. The molecule has 23 heavy (non-hydrogen) atoms. The minimum absolute atomic E-state index is 0.372. The normalized spacial score (nSPS) is 16.5. The van der Waals surface area contributed by atoms with Gasteiger partial charge in [-0.25, -0.2) is 0 Å². The molecule has 124 valence electrons. The van der Waals surface area contributed by atoms with Crippen LogP contribution in [0.4, 0.5) is 0 Å². The molecule has 1 aromatic carbocycles. The summed E-state index contributed by atoms with van der Waals surface area (Å²) in [6.45, 7) is 7.59. The Bertz CT molecular complexity index is 631. The van der Waals surface area contributed by atoms with Crippen LogP contribution in [0.2, 0.25) is 0 Å². The molecule has 2 N–H and O–H groups in total. The van der Waals surface area contributed by atoms with Gasteiger partial charge in [-0.15, -0.1) is 0 Å². The van der Waals surface area contributed by atoms with Crippen molar-refractivity contribution in [2.24, 2.45) is 5.73 Å². The van der Waals surface area contributed by atoms with Gasteiger partial charge < -0.3 is 10.3 Å². The first-order chi connectivity index (χ1) is 11.1. The smallest absolute Gasteiger partial charge is 0.257 e. The molecule has 1 heterocycles. The maximum absolute atomic E-state index is 6.25. The Morgan fingerprint density at radius 3 is 2.52 bits per heavy atom. The van der Waals surface area contributed by atoms with Gasteiger partial charge in [-0.2, -0.15) is 4.98 Å². The summed E-state index contributed by atoms with van der Waals surface area (Å²) in [6, 6.07) is 8.38. The molecule has 5 nitrogen and oxygen atoms in total. The standard InChI is InChI=1S/C18H26N4O/c1-3-12-22(4-2)13-14-6-8-15(9-7-14)16-20-17(21-23-16)18(19)10-5-11-18/h6-9H,3-5,10-13,19H2,1-2H3. The van der Waals surface area contributed by atoms with E-state index in [1.165, 1.54) is 12.0 Å². The van der Waals surface area contributed by atoms with Crippen LogP contribution in [0.25, 0.3) is 11.5 Å². The van der Waals surface area contributed by atoms with Crippen LogP contribution >= 0.6 is 0 Å². The van der Waals surface area contributed by atoms with Gasteiger partial charge in [0.15, 0.2) is 5.82 Å². The summed E-state index contributed by atoms with van der Waals surface area (Å²) in [5.41, 5.74) is 8.13. The van der Waals surface area contributed by atoms with Crippen LogP contribution in [0.15, 0.2) is 28.8 Å². The van der Waals surface area contributed by atoms with Gasteiger partial charge in [0.05, 0.1) is 5.54 Å². The highest BCUT2D eigenvalue weighted by Gasteiger charge is 2.39. The number of aromatic nitrogens is 2. The third kappa shape index (κ3) is 3.46. The van der Waals surface area contributed by atoms with Crippen molar-refractivity contribution in [1.82, 2.24) is 15.0 Å². The monoisotopic (exact) mass is 314 g/mol. The quantitative estimate of drug-likeness (QED) is 0.849. The molecule has 0 radical (unpaired) electrons. The topological polar surface area (TPSA) is 68.2 Å². The van der Waals surface area contributed by atoms with Gasteiger partial charge in [0.2, 0.25) is 0 Å². The van der Waals surface area contributed by atoms with Gasteiger partial charge in [-0.3, -0.25) is 4.90 Å². The first kappa shape index (κ1) is 16.1. The van der Waals surface area contributed by atoms with Crippen LogP contribution in [-0.4, -0.2) is 28.1 Å². The van der Waals surface area contributed by atoms with Crippen molar-refractivity contribution in [3.63, 3.8) is 0 Å². The van der Waals surface area contributed by atoms with E-state index in [-0.39, 0.29) is 5.54 Å². The summed E-state index contributed by atoms with van der Waals surface area (Å²) in [6.07, 6.45) is 4.20. The number of nitrogens with two attached hydrogens (primary N) is 1. The first-order valence-electron chi connectivity index (χ1n) is 8.59. The third-order valence-electron chi connectivity index (χ3n) is 4.71. The van der Waals surface area contributed by atoms with Crippen molar-refractivity contribution in [2.45, 2.75) is 51.6 Å². The van der Waals surface area contributed by atoms with E-state index in [2.05, 4.69) is 53.2 Å². The second-order valence-electron chi connectivity index (χ2n) is 6.50. The lowest BCUT2D eigenvalue weighted by atomic mass is 9.77. The predicted molar refractivity (Wildman–Crippen MR) is 90.7 cm³/mol. The van der Waals surface area contributed by atoms with Crippen molar-refractivity contribution in [3.8, 4) is 11.5 Å². The Labute approximate surface area is 137 Å². The molecule has 1 aliphatic carbocycles. The molecule has 5 heteroatoms. The molecule has 1 fully saturated rings. The third-order valence-corrected chi connectivity index (χ3v) is 4.71. The van der Waals surface area contributed by atoms with Gasteiger partial charge in [-0.1, -0.05) is 31.1 Å². The zero-order valence-corrected chi connectivity index (χ0v) is 14.1. The summed E-state index contributed by atoms with van der Waals surface area (Å²) < 4.78 is 5.40. The van der Waals surface area contributed by atoms with E-state index in [9.17, 15) is 0 Å². The fourth-order valence-electron chi connectivity index (χ4n) is 3.00. The van der Waals surface area contributed by atoms with Crippen LogP contribution in [0.1, 0.15) is 50.9 Å². The average molecular weight is 314 g/mol. The molecule has 0 saturated heterocycles. The summed E-state index contributed by atoms with van der Waals surface area (Å²) in [7, 11) is 0. The fraction of sp³-hybridized carbons (Fsp3) is 0.556. The molecule has 0 amide bonds. The number of benzene rings is 1. The summed E-state index contributed by atoms with van der Waals surface area (Å²) >= 11 is 0. The lowest BCUT2D eigenvalue weighted by Gasteiger charge is -2.34. The first-order valence-corrected chi connectivity index (χ1v) is 8.59. The lowest BCUT2D eigenvalue weighted by Crippen LogP contribution is -2.44. The van der Waals surface area contributed by atoms with Crippen LogP contribution in [0.5, 0.6) is 0 Å². The summed E-state index contributed by atoms with van der Waals surface area (Å²) in [5, 5.41) is 4.08. The van der Waals surface area contributed by atoms with Crippen molar-refractivity contribution in [2.75, 3.05) is 13.1 Å². The number of nitrogens with zero attached hydrogens (tertiary/aromatic N) is 3. The van der Waals surface area contributed by atoms with Crippen LogP contribution < -0.4 is 5.73 Å². The largest absolute Gasteiger partial charge is 0.334 e. The SMILES string of the molecule is CCCN(CC)Cc1ccc(-c2nc(C3(N)CCC3)no2)cc1. The fourth-order valence-corrected chi connectivity index (χ4v) is 3.00. The molecule has 1 aromatic heterocycles. The van der Waals surface area contributed by atoms with Crippen LogP contribution in [0.3, 0.4) is 0 Å². The Kier molecular flexibility index (Phi) is 4.78. The zero-order chi connectivity index (χ0) is 16.3. The molecule has 3 rings (SSSR count). The van der Waals surface area contributed by atoms with E-state index in [0.717, 1.165) is 44.5 Å². The molecule has 2 aromatic rings. The molecule has 0 bridgehead atoms. The van der Waals surface area contributed by atoms with E-state index >= 15 is 0 Å². The van der Waals surface area contributed by atoms with Gasteiger partial charge >= 0.3 is 0 Å². The van der Waals surface area contributed by atoms with Crippen molar-refractivity contribution >= 4 is 0 Å². The molecule has 0 atom stereocenters. The predicted octanol–water partition coefficient (Wildman–Crippen LogP) is 3.31. The van der Waals surface area contributed by atoms with Crippen molar-refractivity contribution in [3.05, 3.63) is 35.7 Å². The minimum Gasteiger partial charge on any atom is -0.334 e. The van der Waals surface area contributed by atoms with E-state index < -0.39 is 0 Å². The zero-order valence-electron chi connectivity index (χ0n) is 14.1. The van der Waals surface area contributed by atoms with Gasteiger partial charge in [0, 0.05) is 12.1 Å². The second-order valence-corrected chi connectivity index (χ2v) is 6.50. The summed E-state index contributed by atoms with van der Waals surface area (Å²) in [4.78, 5) is 6.94. The van der Waals surface area contributed by atoms with Gasteiger partial charge in [0.1, 0.15) is 0 Å². The second kappa shape index (κ2) is 6.81. The molecule has 1 saturated carbocycles. The highest BCUT2D eigenvalue weighted by molar-refractivity contribution is 5.53. The van der Waals surface area contributed by atoms with E-state index in [1.54, 1.807) is 0 Å². The number of hydrogen-bond donors (Lipinski definition) is 1. The highest BCUT2D eigenvalue weighted by Crippen LogP contribution is 2.37. The van der Waals surface area contributed by atoms with Gasteiger partial charge in [0.25, 0.3) is 5.89 Å². The van der Waals surface area contributed by atoms with E-state index in [1.807, 2.05) is 0 Å². The molecule has 0 aliphatic heterocycles. The highest BCUT2D eigenvalue weighted by atomic mass is 16.5. The van der Waals surface area contributed by atoms with Crippen LogP contribution in [0, 0.1) is 0 Å². The molecule has 0 unspecified atom stereocenters. The average Bonchev–Trinajstić information content (AvgIpc) is 3.03. The summed E-state index contributed by atoms with van der Waals surface area (Å²) in [5.74, 6) is 1.20. The number of rotatable bonds is 7. The molecule has 0 spiro atoms.